The Morgan fingerprint density at radius 2 is 1.81 bits per heavy atom. The molecule has 1 aromatic heterocycles. The Kier molecular flexibility index (Phi) is 6.45. The molecule has 0 saturated heterocycles. The Bertz CT molecular complexity index is 820. The van der Waals surface area contributed by atoms with Gasteiger partial charge in [-0.2, -0.15) is 0 Å². The highest BCUT2D eigenvalue weighted by molar-refractivity contribution is 7.98. The van der Waals surface area contributed by atoms with Crippen molar-refractivity contribution in [2.45, 2.75) is 23.5 Å². The molecule has 1 N–H and O–H groups in total. The highest BCUT2D eigenvalue weighted by Crippen LogP contribution is 2.22. The van der Waals surface area contributed by atoms with Crippen molar-refractivity contribution in [3.05, 3.63) is 95.8 Å². The average molecular weight is 362 g/mol. The third kappa shape index (κ3) is 5.20. The van der Waals surface area contributed by atoms with E-state index in [2.05, 4.69) is 35.4 Å². The second kappa shape index (κ2) is 9.20. The van der Waals surface area contributed by atoms with Crippen molar-refractivity contribution in [1.29, 1.82) is 0 Å². The summed E-state index contributed by atoms with van der Waals surface area (Å²) in [6.07, 6.45) is 3.66. The maximum Gasteiger partial charge on any atom is 0.251 e. The van der Waals surface area contributed by atoms with E-state index in [1.807, 2.05) is 54.7 Å². The van der Waals surface area contributed by atoms with Gasteiger partial charge in [-0.3, -0.25) is 9.78 Å². The van der Waals surface area contributed by atoms with Gasteiger partial charge in [0.2, 0.25) is 0 Å². The number of carbonyl (C=O) groups is 1. The molecule has 0 bridgehead atoms. The molecule has 3 rings (SSSR count). The van der Waals surface area contributed by atoms with E-state index in [9.17, 15) is 4.79 Å². The first kappa shape index (κ1) is 18.2. The monoisotopic (exact) mass is 362 g/mol. The van der Waals surface area contributed by atoms with Crippen LogP contribution >= 0.6 is 11.8 Å². The van der Waals surface area contributed by atoms with E-state index >= 15 is 0 Å². The first-order chi connectivity index (χ1) is 12.7. The number of rotatable bonds is 7. The summed E-state index contributed by atoms with van der Waals surface area (Å²) in [5.74, 6) is 1.12. The number of thioether (sulfide) groups is 1. The van der Waals surface area contributed by atoms with Gasteiger partial charge in [-0.15, -0.1) is 11.8 Å². The first-order valence-electron chi connectivity index (χ1n) is 8.67. The SMILES string of the molecule is CC(CNC(=O)c1ccc(SCc2cccnc2)cc1)c1ccccc1. The van der Waals surface area contributed by atoms with Crippen LogP contribution in [0.15, 0.2) is 84.0 Å². The van der Waals surface area contributed by atoms with Gasteiger partial charge in [0.05, 0.1) is 0 Å². The smallest absolute Gasteiger partial charge is 0.251 e. The Morgan fingerprint density at radius 1 is 1.04 bits per heavy atom. The molecule has 0 radical (unpaired) electrons. The Morgan fingerprint density at radius 3 is 2.50 bits per heavy atom. The van der Waals surface area contributed by atoms with Gasteiger partial charge in [0.15, 0.2) is 0 Å². The number of aromatic nitrogens is 1. The van der Waals surface area contributed by atoms with Crippen LogP contribution in [0.1, 0.15) is 34.3 Å². The average Bonchev–Trinajstić information content (AvgIpc) is 2.72. The summed E-state index contributed by atoms with van der Waals surface area (Å²) in [4.78, 5) is 17.6. The van der Waals surface area contributed by atoms with Crippen LogP contribution in [0.4, 0.5) is 0 Å². The van der Waals surface area contributed by atoms with Crippen LogP contribution in [0.3, 0.4) is 0 Å². The molecule has 3 nitrogen and oxygen atoms in total. The van der Waals surface area contributed by atoms with E-state index < -0.39 is 0 Å². The summed E-state index contributed by atoms with van der Waals surface area (Å²) in [5, 5.41) is 3.02. The number of hydrogen-bond donors (Lipinski definition) is 1. The summed E-state index contributed by atoms with van der Waals surface area (Å²) < 4.78 is 0. The Balaban J connectivity index is 1.50. The number of nitrogens with zero attached hydrogens (tertiary/aromatic N) is 1. The van der Waals surface area contributed by atoms with Crippen LogP contribution in [0.5, 0.6) is 0 Å². The van der Waals surface area contributed by atoms with Gasteiger partial charge in [-0.25, -0.2) is 0 Å². The molecule has 132 valence electrons. The number of hydrogen-bond acceptors (Lipinski definition) is 3. The van der Waals surface area contributed by atoms with Gasteiger partial charge < -0.3 is 5.32 Å². The van der Waals surface area contributed by atoms with Crippen molar-refractivity contribution in [3.63, 3.8) is 0 Å². The maximum absolute atomic E-state index is 12.3. The minimum atomic E-state index is -0.0309. The van der Waals surface area contributed by atoms with Gasteiger partial charge in [0, 0.05) is 35.2 Å². The van der Waals surface area contributed by atoms with Crippen LogP contribution in [0, 0.1) is 0 Å². The third-order valence-electron chi connectivity index (χ3n) is 4.18. The van der Waals surface area contributed by atoms with E-state index in [-0.39, 0.29) is 11.8 Å². The molecule has 3 aromatic rings. The van der Waals surface area contributed by atoms with E-state index in [1.165, 1.54) is 11.1 Å². The molecule has 1 atom stereocenters. The van der Waals surface area contributed by atoms with Crippen LogP contribution < -0.4 is 5.32 Å². The fraction of sp³-hybridized carbons (Fsp3) is 0.182. The molecule has 0 spiro atoms. The van der Waals surface area contributed by atoms with E-state index in [1.54, 1.807) is 18.0 Å². The van der Waals surface area contributed by atoms with Crippen LogP contribution in [0.2, 0.25) is 0 Å². The molecule has 0 fully saturated rings. The standard InChI is InChI=1S/C22H22N2OS/c1-17(19-7-3-2-4-8-19)14-24-22(25)20-9-11-21(12-10-20)26-16-18-6-5-13-23-15-18/h2-13,15,17H,14,16H2,1H3,(H,24,25). The van der Waals surface area contributed by atoms with Crippen molar-refractivity contribution in [2.75, 3.05) is 6.54 Å². The lowest BCUT2D eigenvalue weighted by atomic mass is 10.0. The van der Waals surface area contributed by atoms with Crippen molar-refractivity contribution in [1.82, 2.24) is 10.3 Å². The van der Waals surface area contributed by atoms with Crippen molar-refractivity contribution < 1.29 is 4.79 Å². The summed E-state index contributed by atoms with van der Waals surface area (Å²) >= 11 is 1.74. The topological polar surface area (TPSA) is 42.0 Å². The number of pyridine rings is 1. The summed E-state index contributed by atoms with van der Waals surface area (Å²) in [7, 11) is 0. The second-order valence-corrected chi connectivity index (χ2v) is 7.24. The molecular weight excluding hydrogens is 340 g/mol. The molecule has 1 amide bonds. The summed E-state index contributed by atoms with van der Waals surface area (Å²) in [5.41, 5.74) is 3.11. The molecule has 1 heterocycles. The Hall–Kier alpha value is -2.59. The predicted octanol–water partition coefficient (Wildman–Crippen LogP) is 4.91. The van der Waals surface area contributed by atoms with Crippen LogP contribution in [-0.4, -0.2) is 17.4 Å². The molecular formula is C22H22N2OS. The van der Waals surface area contributed by atoms with E-state index in [0.29, 0.717) is 12.1 Å². The fourth-order valence-electron chi connectivity index (χ4n) is 2.60. The molecule has 4 heteroatoms. The van der Waals surface area contributed by atoms with Gasteiger partial charge in [0.1, 0.15) is 0 Å². The van der Waals surface area contributed by atoms with E-state index in [4.69, 9.17) is 0 Å². The highest BCUT2D eigenvalue weighted by atomic mass is 32.2. The zero-order valence-corrected chi connectivity index (χ0v) is 15.6. The van der Waals surface area contributed by atoms with Gasteiger partial charge in [-0.1, -0.05) is 43.3 Å². The third-order valence-corrected chi connectivity index (χ3v) is 5.27. The fourth-order valence-corrected chi connectivity index (χ4v) is 3.43. The quantitative estimate of drug-likeness (QED) is 0.607. The lowest BCUT2D eigenvalue weighted by molar-refractivity contribution is 0.0951. The van der Waals surface area contributed by atoms with Gasteiger partial charge >= 0.3 is 0 Å². The Labute approximate surface area is 158 Å². The summed E-state index contributed by atoms with van der Waals surface area (Å²) in [6.45, 7) is 2.74. The van der Waals surface area contributed by atoms with E-state index in [0.717, 1.165) is 10.6 Å². The van der Waals surface area contributed by atoms with Gasteiger partial charge in [-0.05, 0) is 47.4 Å². The van der Waals surface area contributed by atoms with Gasteiger partial charge in [0.25, 0.3) is 5.91 Å². The largest absolute Gasteiger partial charge is 0.351 e. The molecule has 0 aliphatic rings. The number of benzene rings is 2. The number of carbonyl (C=O) groups excluding carboxylic acids is 1. The van der Waals surface area contributed by atoms with Crippen molar-refractivity contribution >= 4 is 17.7 Å². The normalized spacial score (nSPS) is 11.7. The minimum Gasteiger partial charge on any atom is -0.351 e. The minimum absolute atomic E-state index is 0.0309. The number of amides is 1. The van der Waals surface area contributed by atoms with Crippen LogP contribution in [-0.2, 0) is 5.75 Å². The van der Waals surface area contributed by atoms with Crippen LogP contribution in [0.25, 0.3) is 0 Å². The lowest BCUT2D eigenvalue weighted by Gasteiger charge is -2.13. The number of nitrogens with one attached hydrogen (secondary N) is 1. The molecule has 2 aromatic carbocycles. The molecule has 0 aliphatic heterocycles. The zero-order valence-electron chi connectivity index (χ0n) is 14.8. The van der Waals surface area contributed by atoms with Crippen molar-refractivity contribution in [3.8, 4) is 0 Å². The molecule has 26 heavy (non-hydrogen) atoms. The maximum atomic E-state index is 12.3. The molecule has 1 unspecified atom stereocenters. The molecule has 0 aliphatic carbocycles. The lowest BCUT2D eigenvalue weighted by Crippen LogP contribution is -2.27. The predicted molar refractivity (Wildman–Crippen MR) is 107 cm³/mol. The first-order valence-corrected chi connectivity index (χ1v) is 9.66. The highest BCUT2D eigenvalue weighted by Gasteiger charge is 2.09. The second-order valence-electron chi connectivity index (χ2n) is 6.20. The summed E-state index contributed by atoms with van der Waals surface area (Å²) in [6, 6.07) is 22.0. The zero-order chi connectivity index (χ0) is 18.2. The van der Waals surface area contributed by atoms with Crippen molar-refractivity contribution in [2.24, 2.45) is 0 Å². The molecule has 0 saturated carbocycles.